The van der Waals surface area contributed by atoms with Gasteiger partial charge in [0.15, 0.2) is 0 Å². The predicted octanol–water partition coefficient (Wildman–Crippen LogP) is 4.83. The first-order valence-electron chi connectivity index (χ1n) is 7.45. The first-order valence-corrected chi connectivity index (χ1v) is 8.21. The fraction of sp³-hybridized carbons (Fsp3) is 0.625. The van der Waals surface area contributed by atoms with Crippen molar-refractivity contribution in [3.8, 4) is 0 Å². The van der Waals surface area contributed by atoms with Gasteiger partial charge in [0.05, 0.1) is 10.7 Å². The molecule has 0 aromatic heterocycles. The molecule has 1 aromatic rings. The van der Waals surface area contributed by atoms with Crippen LogP contribution < -0.4 is 5.32 Å². The Hall–Kier alpha value is -0.440. The Morgan fingerprint density at radius 1 is 1.35 bits per heavy atom. The summed E-state index contributed by atoms with van der Waals surface area (Å²) in [5, 5.41) is 5.07. The van der Waals surface area contributed by atoms with Crippen LogP contribution in [-0.4, -0.2) is 30.6 Å². The number of hydrogen-bond donors (Lipinski definition) is 1. The summed E-state index contributed by atoms with van der Waals surface area (Å²) in [6.45, 7) is 9.99. The average molecular weight is 315 g/mol. The smallest absolute Gasteiger partial charge is 0.0641 e. The molecule has 0 amide bonds. The van der Waals surface area contributed by atoms with E-state index < -0.39 is 0 Å². The number of piperidine rings is 1. The number of nitrogens with zero attached hydrogens (tertiary/aromatic N) is 1. The van der Waals surface area contributed by atoms with Crippen LogP contribution >= 0.6 is 23.2 Å². The highest BCUT2D eigenvalue weighted by Gasteiger charge is 2.24. The average Bonchev–Trinajstić information content (AvgIpc) is 2.44. The lowest BCUT2D eigenvalue weighted by Gasteiger charge is -2.36. The van der Waals surface area contributed by atoms with Crippen molar-refractivity contribution in [3.63, 3.8) is 0 Å². The van der Waals surface area contributed by atoms with Gasteiger partial charge in [0.1, 0.15) is 0 Å². The Kier molecular flexibility index (Phi) is 5.59. The summed E-state index contributed by atoms with van der Waals surface area (Å²) < 4.78 is 0. The molecule has 1 fully saturated rings. The predicted molar refractivity (Wildman–Crippen MR) is 89.1 cm³/mol. The van der Waals surface area contributed by atoms with Gasteiger partial charge >= 0.3 is 0 Å². The topological polar surface area (TPSA) is 15.3 Å². The number of rotatable bonds is 4. The molecule has 4 heteroatoms. The van der Waals surface area contributed by atoms with Gasteiger partial charge in [0.25, 0.3) is 0 Å². The monoisotopic (exact) mass is 314 g/mol. The molecule has 0 aliphatic carbocycles. The van der Waals surface area contributed by atoms with Crippen LogP contribution in [-0.2, 0) is 0 Å². The maximum atomic E-state index is 6.31. The van der Waals surface area contributed by atoms with E-state index >= 15 is 0 Å². The standard InChI is InChI=1S/C16H24Cl2N2/c1-4-20-7-5-6-13(10-20)12(3)19-16-9-14(17)11(2)8-15(16)18/h8-9,12-13,19H,4-7,10H2,1-3H3. The number of aryl methyl sites for hydroxylation is 1. The highest BCUT2D eigenvalue weighted by Crippen LogP contribution is 2.31. The molecule has 1 heterocycles. The maximum absolute atomic E-state index is 6.31. The van der Waals surface area contributed by atoms with Crippen LogP contribution in [0.4, 0.5) is 5.69 Å². The molecule has 0 radical (unpaired) electrons. The van der Waals surface area contributed by atoms with E-state index in [4.69, 9.17) is 23.2 Å². The molecule has 1 aliphatic rings. The van der Waals surface area contributed by atoms with E-state index in [2.05, 4.69) is 24.1 Å². The summed E-state index contributed by atoms with van der Waals surface area (Å²) in [7, 11) is 0. The van der Waals surface area contributed by atoms with Crippen molar-refractivity contribution >= 4 is 28.9 Å². The number of nitrogens with one attached hydrogen (secondary N) is 1. The van der Waals surface area contributed by atoms with Crippen LogP contribution in [0.2, 0.25) is 10.0 Å². The van der Waals surface area contributed by atoms with E-state index in [0.717, 1.165) is 27.8 Å². The minimum Gasteiger partial charge on any atom is -0.381 e. The molecule has 2 atom stereocenters. The number of halogens is 2. The van der Waals surface area contributed by atoms with Gasteiger partial charge in [-0.1, -0.05) is 30.1 Å². The number of likely N-dealkylation sites (tertiary alicyclic amines) is 1. The number of anilines is 1. The van der Waals surface area contributed by atoms with Crippen molar-refractivity contribution in [3.05, 3.63) is 27.7 Å². The Bertz CT molecular complexity index is 462. The van der Waals surface area contributed by atoms with Crippen LogP contribution in [0.1, 0.15) is 32.3 Å². The van der Waals surface area contributed by atoms with Crippen LogP contribution in [0, 0.1) is 12.8 Å². The third-order valence-corrected chi connectivity index (χ3v) is 5.05. The summed E-state index contributed by atoms with van der Waals surface area (Å²) in [5.41, 5.74) is 1.97. The van der Waals surface area contributed by atoms with Crippen LogP contribution in [0.15, 0.2) is 12.1 Å². The Balaban J connectivity index is 2.04. The van der Waals surface area contributed by atoms with Crippen LogP contribution in [0.5, 0.6) is 0 Å². The molecule has 1 aliphatic heterocycles. The minimum absolute atomic E-state index is 0.403. The van der Waals surface area contributed by atoms with Gasteiger partial charge in [-0.2, -0.15) is 0 Å². The van der Waals surface area contributed by atoms with Crippen molar-refractivity contribution in [1.29, 1.82) is 0 Å². The van der Waals surface area contributed by atoms with Gasteiger partial charge in [-0.05, 0) is 63.4 Å². The van der Waals surface area contributed by atoms with E-state index in [1.54, 1.807) is 0 Å². The van der Waals surface area contributed by atoms with Gasteiger partial charge in [-0.15, -0.1) is 0 Å². The fourth-order valence-corrected chi connectivity index (χ4v) is 3.34. The molecule has 2 rings (SSSR count). The summed E-state index contributed by atoms with van der Waals surface area (Å²) in [5.74, 6) is 0.667. The molecule has 1 aromatic carbocycles. The molecule has 2 nitrogen and oxygen atoms in total. The van der Waals surface area contributed by atoms with Gasteiger partial charge in [-0.3, -0.25) is 0 Å². The van der Waals surface area contributed by atoms with Crippen molar-refractivity contribution < 1.29 is 0 Å². The van der Waals surface area contributed by atoms with E-state index in [1.165, 1.54) is 25.9 Å². The molecule has 0 spiro atoms. The quantitative estimate of drug-likeness (QED) is 0.856. The molecule has 1 saturated heterocycles. The van der Waals surface area contributed by atoms with E-state index in [9.17, 15) is 0 Å². The second-order valence-corrected chi connectivity index (χ2v) is 6.62. The fourth-order valence-electron chi connectivity index (χ4n) is 2.91. The summed E-state index contributed by atoms with van der Waals surface area (Å²) in [6.07, 6.45) is 2.56. The van der Waals surface area contributed by atoms with Crippen molar-refractivity contribution in [2.24, 2.45) is 5.92 Å². The molecule has 1 N–H and O–H groups in total. The molecule has 0 saturated carbocycles. The first-order chi connectivity index (χ1) is 9.51. The Morgan fingerprint density at radius 3 is 2.80 bits per heavy atom. The highest BCUT2D eigenvalue weighted by molar-refractivity contribution is 6.35. The van der Waals surface area contributed by atoms with Crippen molar-refractivity contribution in [1.82, 2.24) is 4.90 Å². The number of hydrogen-bond acceptors (Lipinski definition) is 2. The molecular weight excluding hydrogens is 291 g/mol. The van der Waals surface area contributed by atoms with Gasteiger partial charge in [0.2, 0.25) is 0 Å². The largest absolute Gasteiger partial charge is 0.381 e. The lowest BCUT2D eigenvalue weighted by Crippen LogP contribution is -2.41. The SMILES string of the molecule is CCN1CCCC(C(C)Nc2cc(Cl)c(C)cc2Cl)C1. The molecule has 0 bridgehead atoms. The molecular formula is C16H24Cl2N2. The first kappa shape index (κ1) is 15.9. The third kappa shape index (κ3) is 3.81. The zero-order valence-corrected chi connectivity index (χ0v) is 14.1. The van der Waals surface area contributed by atoms with Gasteiger partial charge < -0.3 is 10.2 Å². The Morgan fingerprint density at radius 2 is 2.10 bits per heavy atom. The number of benzene rings is 1. The zero-order valence-electron chi connectivity index (χ0n) is 12.5. The Labute approximate surface area is 132 Å². The van der Waals surface area contributed by atoms with Crippen LogP contribution in [0.3, 0.4) is 0 Å². The second-order valence-electron chi connectivity index (χ2n) is 5.81. The van der Waals surface area contributed by atoms with E-state index in [1.807, 2.05) is 19.1 Å². The molecule has 20 heavy (non-hydrogen) atoms. The second kappa shape index (κ2) is 7.02. The maximum Gasteiger partial charge on any atom is 0.0641 e. The molecule has 2 unspecified atom stereocenters. The third-order valence-electron chi connectivity index (χ3n) is 4.33. The van der Waals surface area contributed by atoms with Gasteiger partial charge in [0, 0.05) is 17.6 Å². The molecule has 112 valence electrons. The highest BCUT2D eigenvalue weighted by atomic mass is 35.5. The minimum atomic E-state index is 0.403. The zero-order chi connectivity index (χ0) is 14.7. The van der Waals surface area contributed by atoms with Crippen molar-refractivity contribution in [2.75, 3.05) is 25.0 Å². The summed E-state index contributed by atoms with van der Waals surface area (Å²) in [6, 6.07) is 4.27. The summed E-state index contributed by atoms with van der Waals surface area (Å²) >= 11 is 12.5. The lowest BCUT2D eigenvalue weighted by molar-refractivity contribution is 0.172. The van der Waals surface area contributed by atoms with Crippen LogP contribution in [0.25, 0.3) is 0 Å². The van der Waals surface area contributed by atoms with Gasteiger partial charge in [-0.25, -0.2) is 0 Å². The lowest BCUT2D eigenvalue weighted by atomic mass is 9.91. The normalized spacial score (nSPS) is 21.8. The van der Waals surface area contributed by atoms with E-state index in [-0.39, 0.29) is 0 Å². The summed E-state index contributed by atoms with van der Waals surface area (Å²) in [4.78, 5) is 2.52. The van der Waals surface area contributed by atoms with Crippen molar-refractivity contribution in [2.45, 2.75) is 39.7 Å². The van der Waals surface area contributed by atoms with E-state index in [0.29, 0.717) is 12.0 Å².